The van der Waals surface area contributed by atoms with E-state index in [0.29, 0.717) is 0 Å². The third-order valence-corrected chi connectivity index (χ3v) is 8.16. The Labute approximate surface area is 113 Å². The molecule has 0 aromatic carbocycles. The molecule has 0 radical (unpaired) electrons. The van der Waals surface area contributed by atoms with Crippen LogP contribution in [0.5, 0.6) is 0 Å². The Morgan fingerprint density at radius 1 is 0.895 bits per heavy atom. The molecule has 0 atom stereocenters. The molecule has 7 nitrogen and oxygen atoms in total. The lowest BCUT2D eigenvalue weighted by Gasteiger charge is -2.43. The van der Waals surface area contributed by atoms with Gasteiger partial charge in [0, 0.05) is 0 Å². The Balaban J connectivity index is 3.11. The van der Waals surface area contributed by atoms with E-state index in [9.17, 15) is 28.7 Å². The predicted molar refractivity (Wildman–Crippen MR) is 71.5 cm³/mol. The lowest BCUT2D eigenvalue weighted by molar-refractivity contribution is -0.916. The fraction of sp³-hybridized carbons (Fsp3) is 1.00. The monoisotopic (exact) mass is 316 g/mol. The van der Waals surface area contributed by atoms with Gasteiger partial charge in [-0.25, -0.2) is 0 Å². The SMILES string of the molecule is C[N+](C)(C1CCCCCC1)C(P(=O)(O)O)P(=O)(O)O. The molecule has 1 fully saturated rings. The first-order chi connectivity index (χ1) is 8.47. The summed E-state index contributed by atoms with van der Waals surface area (Å²) in [7, 11) is -6.76. The second-order valence-corrected chi connectivity index (χ2v) is 9.54. The highest BCUT2D eigenvalue weighted by Crippen LogP contribution is 2.63. The molecule has 0 aromatic heterocycles. The van der Waals surface area contributed by atoms with Gasteiger partial charge in [-0.3, -0.25) is 9.13 Å². The summed E-state index contributed by atoms with van der Waals surface area (Å²) in [5.74, 6) is 0. The molecule has 9 heteroatoms. The van der Waals surface area contributed by atoms with Crippen LogP contribution in [0.3, 0.4) is 0 Å². The molecule has 1 saturated carbocycles. The summed E-state index contributed by atoms with van der Waals surface area (Å²) in [5, 5.41) is 0. The third-order valence-electron chi connectivity index (χ3n) is 3.96. The van der Waals surface area contributed by atoms with Gasteiger partial charge in [-0.1, -0.05) is 12.8 Å². The van der Waals surface area contributed by atoms with Crippen LogP contribution in [-0.2, 0) is 9.13 Å². The van der Waals surface area contributed by atoms with Crippen LogP contribution in [0.25, 0.3) is 0 Å². The van der Waals surface area contributed by atoms with Crippen LogP contribution >= 0.6 is 15.2 Å². The molecule has 114 valence electrons. The lowest BCUT2D eigenvalue weighted by Crippen LogP contribution is -2.55. The van der Waals surface area contributed by atoms with E-state index in [0.717, 1.165) is 38.5 Å². The summed E-state index contributed by atoms with van der Waals surface area (Å²) in [6.45, 7) is 0. The maximum Gasteiger partial charge on any atom is 0.395 e. The van der Waals surface area contributed by atoms with Gasteiger partial charge in [-0.05, 0) is 25.7 Å². The first kappa shape index (κ1) is 17.3. The Morgan fingerprint density at radius 2 is 1.26 bits per heavy atom. The Hall–Kier alpha value is 0.260. The van der Waals surface area contributed by atoms with Gasteiger partial charge in [-0.15, -0.1) is 0 Å². The number of quaternary nitrogens is 1. The molecule has 1 aliphatic carbocycles. The fourth-order valence-electron chi connectivity index (χ4n) is 3.08. The number of hydrogen-bond donors (Lipinski definition) is 4. The standard InChI is InChI=1S/C10H23NO6P2/c1-11(2,9-7-5-3-4-6-8-9)10(18(12,13)14)19(15,16)17/h9-10H,3-8H2,1-2H3,(H3-,12,13,14,15,16,17)/p+1. The highest BCUT2D eigenvalue weighted by atomic mass is 31.2. The maximum absolute atomic E-state index is 11.5. The first-order valence-electron chi connectivity index (χ1n) is 6.41. The Bertz CT molecular complexity index is 371. The van der Waals surface area contributed by atoms with Crippen molar-refractivity contribution in [2.24, 2.45) is 0 Å². The van der Waals surface area contributed by atoms with Gasteiger partial charge in [-0.2, -0.15) is 0 Å². The molecule has 1 rings (SSSR count). The minimum atomic E-state index is -4.89. The second kappa shape index (κ2) is 5.94. The fourth-order valence-corrected chi connectivity index (χ4v) is 6.58. The maximum atomic E-state index is 11.5. The van der Waals surface area contributed by atoms with Crippen molar-refractivity contribution in [1.82, 2.24) is 0 Å². The topological polar surface area (TPSA) is 115 Å². The number of hydrogen-bond acceptors (Lipinski definition) is 2. The predicted octanol–water partition coefficient (Wildman–Crippen LogP) is 1.42. The molecule has 0 amide bonds. The van der Waals surface area contributed by atoms with Gasteiger partial charge in [0.05, 0.1) is 20.1 Å². The van der Waals surface area contributed by atoms with Gasteiger partial charge in [0.25, 0.3) is 5.52 Å². The second-order valence-electron chi connectivity index (χ2n) is 5.80. The van der Waals surface area contributed by atoms with E-state index in [4.69, 9.17) is 0 Å². The zero-order chi connectivity index (χ0) is 14.9. The molecule has 0 aliphatic heterocycles. The minimum Gasteiger partial charge on any atom is -0.320 e. The van der Waals surface area contributed by atoms with Crippen LogP contribution in [0.4, 0.5) is 0 Å². The van der Waals surface area contributed by atoms with Crippen molar-refractivity contribution >= 4 is 15.2 Å². The van der Waals surface area contributed by atoms with Gasteiger partial charge in [0.15, 0.2) is 0 Å². The van der Waals surface area contributed by atoms with Crippen LogP contribution in [0.15, 0.2) is 0 Å². The molecule has 19 heavy (non-hydrogen) atoms. The molecule has 1 aliphatic rings. The average Bonchev–Trinajstić information content (AvgIpc) is 2.38. The molecular formula is C10H24NO6P2+. The molecule has 0 unspecified atom stereocenters. The van der Waals surface area contributed by atoms with Crippen molar-refractivity contribution in [1.29, 1.82) is 0 Å². The van der Waals surface area contributed by atoms with E-state index in [2.05, 4.69) is 0 Å². The highest BCUT2D eigenvalue weighted by Gasteiger charge is 2.57. The van der Waals surface area contributed by atoms with Crippen molar-refractivity contribution in [3.05, 3.63) is 0 Å². The number of rotatable bonds is 4. The molecule has 0 heterocycles. The zero-order valence-electron chi connectivity index (χ0n) is 11.3. The average molecular weight is 316 g/mol. The third kappa shape index (κ3) is 4.36. The van der Waals surface area contributed by atoms with E-state index in [1.165, 1.54) is 14.1 Å². The van der Waals surface area contributed by atoms with E-state index < -0.39 is 20.7 Å². The van der Waals surface area contributed by atoms with Crippen molar-refractivity contribution < 1.29 is 33.2 Å². The largest absolute Gasteiger partial charge is 0.395 e. The quantitative estimate of drug-likeness (QED) is 0.354. The van der Waals surface area contributed by atoms with Crippen molar-refractivity contribution in [3.63, 3.8) is 0 Å². The van der Waals surface area contributed by atoms with Gasteiger partial charge >= 0.3 is 15.2 Å². The summed E-state index contributed by atoms with van der Waals surface area (Å²) in [5.41, 5.74) is -1.97. The molecule has 0 aromatic rings. The Morgan fingerprint density at radius 3 is 1.58 bits per heavy atom. The molecule has 4 N–H and O–H groups in total. The van der Waals surface area contributed by atoms with Gasteiger partial charge in [0.1, 0.15) is 0 Å². The first-order valence-corrected chi connectivity index (χ1v) is 9.77. The normalized spacial score (nSPS) is 20.6. The van der Waals surface area contributed by atoms with Crippen molar-refractivity contribution in [3.8, 4) is 0 Å². The lowest BCUT2D eigenvalue weighted by atomic mass is 10.1. The number of nitrogens with zero attached hydrogens (tertiary/aromatic N) is 1. The molecule has 0 saturated heterocycles. The van der Waals surface area contributed by atoms with Crippen LogP contribution in [0.1, 0.15) is 38.5 Å². The highest BCUT2D eigenvalue weighted by molar-refractivity contribution is 7.70. The molecule has 0 spiro atoms. The molecular weight excluding hydrogens is 292 g/mol. The van der Waals surface area contributed by atoms with Crippen LogP contribution < -0.4 is 0 Å². The van der Waals surface area contributed by atoms with Crippen LogP contribution in [0, 0.1) is 0 Å². The van der Waals surface area contributed by atoms with Gasteiger partial charge < -0.3 is 24.1 Å². The van der Waals surface area contributed by atoms with Crippen LogP contribution in [0.2, 0.25) is 0 Å². The molecule has 0 bridgehead atoms. The summed E-state index contributed by atoms with van der Waals surface area (Å²) in [4.78, 5) is 37.4. The summed E-state index contributed by atoms with van der Waals surface area (Å²) in [6.07, 6.45) is 5.47. The van der Waals surface area contributed by atoms with Crippen LogP contribution in [-0.4, -0.2) is 49.7 Å². The summed E-state index contributed by atoms with van der Waals surface area (Å²) < 4.78 is 22.8. The minimum absolute atomic E-state index is 0.132. The van der Waals surface area contributed by atoms with Crippen molar-refractivity contribution in [2.45, 2.75) is 50.1 Å². The summed E-state index contributed by atoms with van der Waals surface area (Å²) >= 11 is 0. The van der Waals surface area contributed by atoms with E-state index in [-0.39, 0.29) is 10.5 Å². The van der Waals surface area contributed by atoms with E-state index >= 15 is 0 Å². The Kier molecular flexibility index (Phi) is 5.41. The summed E-state index contributed by atoms with van der Waals surface area (Å²) in [6, 6.07) is -0.132. The van der Waals surface area contributed by atoms with E-state index in [1.807, 2.05) is 0 Å². The van der Waals surface area contributed by atoms with Gasteiger partial charge in [0.2, 0.25) is 0 Å². The van der Waals surface area contributed by atoms with E-state index in [1.54, 1.807) is 0 Å². The zero-order valence-corrected chi connectivity index (χ0v) is 13.1. The van der Waals surface area contributed by atoms with Crippen molar-refractivity contribution in [2.75, 3.05) is 14.1 Å². The smallest absolute Gasteiger partial charge is 0.320 e.